The van der Waals surface area contributed by atoms with Gasteiger partial charge in [0, 0.05) is 13.0 Å². The largest absolute Gasteiger partial charge is 0.487 e. The molecule has 0 aliphatic carbocycles. The van der Waals surface area contributed by atoms with E-state index in [1.807, 2.05) is 25.1 Å². The van der Waals surface area contributed by atoms with Crippen LogP contribution in [0, 0.1) is 12.7 Å². The molecule has 1 heterocycles. The first-order valence-electron chi connectivity index (χ1n) is 7.24. The van der Waals surface area contributed by atoms with E-state index in [0.29, 0.717) is 12.2 Å². The number of halogens is 1. The molecular weight excluding hydrogens is 265 g/mol. The Morgan fingerprint density at radius 2 is 2.00 bits per heavy atom. The molecule has 0 amide bonds. The molecule has 0 radical (unpaired) electrons. The lowest BCUT2D eigenvalue weighted by Gasteiger charge is -2.16. The third-order valence-electron chi connectivity index (χ3n) is 3.73. The number of aryl methyl sites for hydroxylation is 1. The molecule has 2 nitrogen and oxygen atoms in total. The van der Waals surface area contributed by atoms with Crippen LogP contribution in [-0.2, 0) is 13.0 Å². The van der Waals surface area contributed by atoms with Gasteiger partial charge in [-0.05, 0) is 55.7 Å². The molecule has 21 heavy (non-hydrogen) atoms. The van der Waals surface area contributed by atoms with Crippen molar-refractivity contribution in [1.29, 1.82) is 0 Å². The summed E-state index contributed by atoms with van der Waals surface area (Å²) in [7, 11) is 0. The molecule has 3 heteroatoms. The molecule has 2 aromatic rings. The first-order chi connectivity index (χ1) is 9.93. The standard InChI is InChI=1S/C18H20FNO/c1-12-4-6-16(15(19)8-12)20-11-13-5-7-17-14(9-13)10-18(2,3)21-17/h4-9,20H,10-11H2,1-3H3. The zero-order chi connectivity index (χ0) is 15.0. The van der Waals surface area contributed by atoms with Gasteiger partial charge in [0.25, 0.3) is 0 Å². The van der Waals surface area contributed by atoms with E-state index in [2.05, 4.69) is 25.2 Å². The molecule has 0 aromatic heterocycles. The summed E-state index contributed by atoms with van der Waals surface area (Å²) in [6.45, 7) is 6.67. The molecule has 110 valence electrons. The SMILES string of the molecule is Cc1ccc(NCc2ccc3c(c2)CC(C)(C)O3)c(F)c1. The molecule has 0 atom stereocenters. The van der Waals surface area contributed by atoms with Gasteiger partial charge in [0.05, 0.1) is 5.69 Å². The van der Waals surface area contributed by atoms with Crippen molar-refractivity contribution in [2.24, 2.45) is 0 Å². The Bertz CT molecular complexity index is 679. The molecule has 0 fully saturated rings. The fourth-order valence-electron chi connectivity index (χ4n) is 2.73. The zero-order valence-corrected chi connectivity index (χ0v) is 12.7. The van der Waals surface area contributed by atoms with Crippen molar-refractivity contribution in [3.8, 4) is 5.75 Å². The topological polar surface area (TPSA) is 21.3 Å². The maximum absolute atomic E-state index is 13.8. The van der Waals surface area contributed by atoms with Crippen molar-refractivity contribution in [3.63, 3.8) is 0 Å². The highest BCUT2D eigenvalue weighted by atomic mass is 19.1. The van der Waals surface area contributed by atoms with Gasteiger partial charge >= 0.3 is 0 Å². The second-order valence-electron chi connectivity index (χ2n) is 6.32. The summed E-state index contributed by atoms with van der Waals surface area (Å²) in [5.41, 5.74) is 3.70. The molecule has 3 rings (SSSR count). The molecule has 2 aromatic carbocycles. The molecule has 0 spiro atoms. The monoisotopic (exact) mass is 285 g/mol. The minimum Gasteiger partial charge on any atom is -0.487 e. The first kappa shape index (κ1) is 13.9. The van der Waals surface area contributed by atoms with Crippen molar-refractivity contribution < 1.29 is 9.13 Å². The number of hydrogen-bond donors (Lipinski definition) is 1. The van der Waals surface area contributed by atoms with Gasteiger partial charge in [-0.15, -0.1) is 0 Å². The summed E-state index contributed by atoms with van der Waals surface area (Å²) in [5.74, 6) is 0.755. The van der Waals surface area contributed by atoms with E-state index in [4.69, 9.17) is 4.74 Å². The lowest BCUT2D eigenvalue weighted by Crippen LogP contribution is -2.24. The van der Waals surface area contributed by atoms with E-state index in [9.17, 15) is 4.39 Å². The third-order valence-corrected chi connectivity index (χ3v) is 3.73. The molecule has 0 bridgehead atoms. The average molecular weight is 285 g/mol. The first-order valence-corrected chi connectivity index (χ1v) is 7.24. The highest BCUT2D eigenvalue weighted by Gasteiger charge is 2.29. The van der Waals surface area contributed by atoms with Crippen molar-refractivity contribution in [1.82, 2.24) is 0 Å². The number of anilines is 1. The predicted octanol–water partition coefficient (Wildman–Crippen LogP) is 4.46. The average Bonchev–Trinajstić information content (AvgIpc) is 2.70. The van der Waals surface area contributed by atoms with Crippen molar-refractivity contribution in [2.75, 3.05) is 5.32 Å². The molecular formula is C18H20FNO. The Morgan fingerprint density at radius 3 is 2.76 bits per heavy atom. The highest BCUT2D eigenvalue weighted by Crippen LogP contribution is 2.35. The van der Waals surface area contributed by atoms with Crippen LogP contribution >= 0.6 is 0 Å². The van der Waals surface area contributed by atoms with Crippen LogP contribution in [0.4, 0.5) is 10.1 Å². The van der Waals surface area contributed by atoms with Crippen LogP contribution in [0.15, 0.2) is 36.4 Å². The summed E-state index contributed by atoms with van der Waals surface area (Å²) in [4.78, 5) is 0. The molecule has 1 aliphatic rings. The van der Waals surface area contributed by atoms with E-state index in [1.165, 1.54) is 5.56 Å². The summed E-state index contributed by atoms with van der Waals surface area (Å²) in [6.07, 6.45) is 0.912. The van der Waals surface area contributed by atoms with Crippen LogP contribution in [0.2, 0.25) is 0 Å². The van der Waals surface area contributed by atoms with Gasteiger partial charge in [0.2, 0.25) is 0 Å². The van der Waals surface area contributed by atoms with Gasteiger partial charge < -0.3 is 10.1 Å². The van der Waals surface area contributed by atoms with Crippen molar-refractivity contribution >= 4 is 5.69 Å². The maximum atomic E-state index is 13.8. The minimum atomic E-state index is -0.208. The van der Waals surface area contributed by atoms with Crippen molar-refractivity contribution in [2.45, 2.75) is 39.3 Å². The molecule has 0 saturated heterocycles. The second-order valence-corrected chi connectivity index (χ2v) is 6.32. The van der Waals surface area contributed by atoms with Gasteiger partial charge in [0.1, 0.15) is 17.2 Å². The molecule has 0 unspecified atom stereocenters. The molecule has 1 aliphatic heterocycles. The maximum Gasteiger partial charge on any atom is 0.146 e. The van der Waals surface area contributed by atoms with Crippen molar-refractivity contribution in [3.05, 3.63) is 58.9 Å². The van der Waals surface area contributed by atoms with Crippen LogP contribution in [-0.4, -0.2) is 5.60 Å². The number of ether oxygens (including phenoxy) is 1. The third kappa shape index (κ3) is 3.02. The highest BCUT2D eigenvalue weighted by molar-refractivity contribution is 5.48. The van der Waals surface area contributed by atoms with E-state index < -0.39 is 0 Å². The summed E-state index contributed by atoms with van der Waals surface area (Å²) in [5, 5.41) is 3.15. The van der Waals surface area contributed by atoms with Gasteiger partial charge in [0.15, 0.2) is 0 Å². The number of fused-ring (bicyclic) bond motifs is 1. The fourth-order valence-corrected chi connectivity index (χ4v) is 2.73. The quantitative estimate of drug-likeness (QED) is 0.899. The van der Waals surface area contributed by atoms with Crippen LogP contribution in [0.25, 0.3) is 0 Å². The normalized spacial score (nSPS) is 15.4. The van der Waals surface area contributed by atoms with E-state index in [1.54, 1.807) is 12.1 Å². The lowest BCUT2D eigenvalue weighted by molar-refractivity contribution is 0.138. The second kappa shape index (κ2) is 5.06. The van der Waals surface area contributed by atoms with Crippen LogP contribution in [0.3, 0.4) is 0 Å². The number of benzene rings is 2. The summed E-state index contributed by atoms with van der Waals surface area (Å²) in [6, 6.07) is 11.4. The Balaban J connectivity index is 1.72. The number of hydrogen-bond acceptors (Lipinski definition) is 2. The summed E-state index contributed by atoms with van der Waals surface area (Å²) < 4.78 is 19.7. The Labute approximate surface area is 125 Å². The molecule has 0 saturated carbocycles. The van der Waals surface area contributed by atoms with Gasteiger partial charge in [-0.1, -0.05) is 18.2 Å². The van der Waals surface area contributed by atoms with Gasteiger partial charge in [-0.3, -0.25) is 0 Å². The smallest absolute Gasteiger partial charge is 0.146 e. The van der Waals surface area contributed by atoms with Crippen LogP contribution in [0.5, 0.6) is 5.75 Å². The van der Waals surface area contributed by atoms with Crippen LogP contribution < -0.4 is 10.1 Å². The fraction of sp³-hybridized carbons (Fsp3) is 0.333. The van der Waals surface area contributed by atoms with Gasteiger partial charge in [-0.2, -0.15) is 0 Å². The van der Waals surface area contributed by atoms with E-state index in [-0.39, 0.29) is 11.4 Å². The number of rotatable bonds is 3. The van der Waals surface area contributed by atoms with E-state index in [0.717, 1.165) is 23.3 Å². The Kier molecular flexibility index (Phi) is 3.36. The minimum absolute atomic E-state index is 0.128. The molecule has 1 N–H and O–H groups in total. The lowest BCUT2D eigenvalue weighted by atomic mass is 10.0. The number of nitrogens with one attached hydrogen (secondary N) is 1. The van der Waals surface area contributed by atoms with Gasteiger partial charge in [-0.25, -0.2) is 4.39 Å². The van der Waals surface area contributed by atoms with Crippen LogP contribution in [0.1, 0.15) is 30.5 Å². The Hall–Kier alpha value is -2.03. The zero-order valence-electron chi connectivity index (χ0n) is 12.7. The summed E-state index contributed by atoms with van der Waals surface area (Å²) >= 11 is 0. The van der Waals surface area contributed by atoms with E-state index >= 15 is 0 Å². The predicted molar refractivity (Wildman–Crippen MR) is 83.3 cm³/mol. The Morgan fingerprint density at radius 1 is 1.19 bits per heavy atom.